The molecule has 4 heteroatoms. The van der Waals surface area contributed by atoms with Gasteiger partial charge in [-0.05, 0) is 6.42 Å². The third kappa shape index (κ3) is 6.55. The van der Waals surface area contributed by atoms with Crippen molar-refractivity contribution in [2.75, 3.05) is 13.7 Å². The minimum atomic E-state index is -1.44. The first-order valence-corrected chi connectivity index (χ1v) is 5.83. The summed E-state index contributed by atoms with van der Waals surface area (Å²) in [4.78, 5) is 0. The zero-order valence-electron chi connectivity index (χ0n) is 6.52. The van der Waals surface area contributed by atoms with Crippen LogP contribution < -0.4 is 0 Å². The molecule has 2 nitrogen and oxygen atoms in total. The van der Waals surface area contributed by atoms with E-state index >= 15 is 0 Å². The van der Waals surface area contributed by atoms with Gasteiger partial charge in [0.15, 0.2) is 0 Å². The van der Waals surface area contributed by atoms with E-state index in [9.17, 15) is 0 Å². The van der Waals surface area contributed by atoms with Crippen molar-refractivity contribution in [1.29, 1.82) is 0 Å². The molecule has 0 saturated heterocycles. The lowest BCUT2D eigenvalue weighted by Crippen LogP contribution is -2.13. The molecule has 10 heavy (non-hydrogen) atoms. The van der Waals surface area contributed by atoms with Crippen molar-refractivity contribution in [2.45, 2.75) is 26.2 Å². The number of hydrogen-bond donors (Lipinski definition) is 0. The zero-order chi connectivity index (χ0) is 7.82. The molecule has 0 N–H and O–H groups in total. The van der Waals surface area contributed by atoms with Crippen molar-refractivity contribution in [3.63, 3.8) is 0 Å². The number of rotatable bonds is 6. The largest absolute Gasteiger partial charge is 0.505 e. The van der Waals surface area contributed by atoms with Crippen molar-refractivity contribution >= 4 is 19.7 Å². The quantitative estimate of drug-likeness (QED) is 0.355. The second kappa shape index (κ2) is 7.53. The summed E-state index contributed by atoms with van der Waals surface area (Å²) in [5, 5.41) is 0. The smallest absolute Gasteiger partial charge is 0.385 e. The highest BCUT2D eigenvalue weighted by molar-refractivity contribution is 6.99. The van der Waals surface area contributed by atoms with Crippen LogP contribution >= 0.6 is 11.1 Å². The fourth-order valence-corrected chi connectivity index (χ4v) is 1.22. The van der Waals surface area contributed by atoms with Gasteiger partial charge >= 0.3 is 8.59 Å². The minimum absolute atomic E-state index is 0.736. The summed E-state index contributed by atoms with van der Waals surface area (Å²) in [6.07, 6.45) is 3.50. The van der Waals surface area contributed by atoms with Crippen LogP contribution in [0.1, 0.15) is 26.2 Å². The molecule has 0 heterocycles. The summed E-state index contributed by atoms with van der Waals surface area (Å²) >= 11 is 5.60. The average Bonchev–Trinajstić information content (AvgIpc) is 1.98. The SMILES string of the molecule is CCCCCO[Si](Cl)OC. The lowest BCUT2D eigenvalue weighted by molar-refractivity contribution is 0.241. The molecular weight excluding hydrogens is 168 g/mol. The van der Waals surface area contributed by atoms with Crippen molar-refractivity contribution in [3.05, 3.63) is 0 Å². The summed E-state index contributed by atoms with van der Waals surface area (Å²) in [5.41, 5.74) is 0. The van der Waals surface area contributed by atoms with E-state index in [-0.39, 0.29) is 0 Å². The van der Waals surface area contributed by atoms with Crippen molar-refractivity contribution in [3.8, 4) is 0 Å². The summed E-state index contributed by atoms with van der Waals surface area (Å²) in [6, 6.07) is 0. The van der Waals surface area contributed by atoms with Crippen molar-refractivity contribution < 1.29 is 8.85 Å². The Kier molecular flexibility index (Phi) is 7.85. The molecule has 0 amide bonds. The van der Waals surface area contributed by atoms with Crippen LogP contribution in [0.3, 0.4) is 0 Å². The van der Waals surface area contributed by atoms with E-state index in [4.69, 9.17) is 19.9 Å². The summed E-state index contributed by atoms with van der Waals surface area (Å²) in [5.74, 6) is 0. The molecule has 0 aliphatic heterocycles. The number of unbranched alkanes of at least 4 members (excludes halogenated alkanes) is 2. The Morgan fingerprint density at radius 1 is 1.40 bits per heavy atom. The molecule has 0 fully saturated rings. The molecule has 0 aromatic heterocycles. The second-order valence-corrected chi connectivity index (χ2v) is 4.10. The Morgan fingerprint density at radius 3 is 2.60 bits per heavy atom. The van der Waals surface area contributed by atoms with Crippen molar-refractivity contribution in [2.24, 2.45) is 0 Å². The van der Waals surface area contributed by atoms with Crippen LogP contribution in [-0.4, -0.2) is 22.3 Å². The van der Waals surface area contributed by atoms with Crippen LogP contribution in [0.4, 0.5) is 0 Å². The molecule has 0 aliphatic carbocycles. The maximum Gasteiger partial charge on any atom is 0.505 e. The molecule has 0 saturated carbocycles. The van der Waals surface area contributed by atoms with Crippen molar-refractivity contribution in [1.82, 2.24) is 0 Å². The molecule has 1 radical (unpaired) electrons. The topological polar surface area (TPSA) is 18.5 Å². The second-order valence-electron chi connectivity index (χ2n) is 2.00. The highest BCUT2D eigenvalue weighted by Gasteiger charge is 2.07. The summed E-state index contributed by atoms with van der Waals surface area (Å²) in [7, 11) is 0.133. The highest BCUT2D eigenvalue weighted by Crippen LogP contribution is 1.98. The van der Waals surface area contributed by atoms with Gasteiger partial charge in [-0.25, -0.2) is 0 Å². The Balaban J connectivity index is 2.89. The van der Waals surface area contributed by atoms with Gasteiger partial charge in [-0.15, -0.1) is 0 Å². The average molecular weight is 182 g/mol. The fraction of sp³-hybridized carbons (Fsp3) is 1.00. The van der Waals surface area contributed by atoms with E-state index in [1.165, 1.54) is 12.8 Å². The van der Waals surface area contributed by atoms with Crippen LogP contribution in [0, 0.1) is 0 Å². The predicted molar refractivity (Wildman–Crippen MR) is 44.1 cm³/mol. The lowest BCUT2D eigenvalue weighted by Gasteiger charge is -2.03. The van der Waals surface area contributed by atoms with Gasteiger partial charge in [0.05, 0.1) is 0 Å². The van der Waals surface area contributed by atoms with Gasteiger partial charge in [0.2, 0.25) is 0 Å². The normalized spacial score (nSPS) is 10.8. The maximum absolute atomic E-state index is 5.60. The Bertz CT molecular complexity index is 72.8. The van der Waals surface area contributed by atoms with Gasteiger partial charge < -0.3 is 8.85 Å². The highest BCUT2D eigenvalue weighted by atomic mass is 35.6. The maximum atomic E-state index is 5.60. The minimum Gasteiger partial charge on any atom is -0.385 e. The summed E-state index contributed by atoms with van der Waals surface area (Å²) < 4.78 is 9.91. The molecule has 0 rings (SSSR count). The number of hydrogen-bond acceptors (Lipinski definition) is 2. The van der Waals surface area contributed by atoms with Gasteiger partial charge in [-0.1, -0.05) is 30.8 Å². The van der Waals surface area contributed by atoms with Gasteiger partial charge in [-0.3, -0.25) is 0 Å². The van der Waals surface area contributed by atoms with Gasteiger partial charge in [0, 0.05) is 13.7 Å². The fourth-order valence-electron chi connectivity index (χ4n) is 0.563. The molecule has 0 aliphatic rings. The van der Waals surface area contributed by atoms with Crippen LogP contribution in [0.25, 0.3) is 0 Å². The first kappa shape index (κ1) is 10.4. The summed E-state index contributed by atoms with van der Waals surface area (Å²) in [6.45, 7) is 2.89. The van der Waals surface area contributed by atoms with E-state index in [0.717, 1.165) is 13.0 Å². The third-order valence-electron chi connectivity index (χ3n) is 1.12. The van der Waals surface area contributed by atoms with Gasteiger partial charge in [-0.2, -0.15) is 0 Å². The number of halogens is 1. The predicted octanol–water partition coefficient (Wildman–Crippen LogP) is 2.06. The molecule has 0 aromatic rings. The Labute approximate surface area is 69.0 Å². The van der Waals surface area contributed by atoms with Crippen LogP contribution in [0.15, 0.2) is 0 Å². The van der Waals surface area contributed by atoms with E-state index < -0.39 is 8.59 Å². The van der Waals surface area contributed by atoms with E-state index in [2.05, 4.69) is 6.92 Å². The Hall–Kier alpha value is 0.427. The molecular formula is C6H14ClO2Si. The first-order chi connectivity index (χ1) is 4.81. The molecule has 0 atom stereocenters. The first-order valence-electron chi connectivity index (χ1n) is 3.50. The van der Waals surface area contributed by atoms with Gasteiger partial charge in [0.25, 0.3) is 0 Å². The molecule has 0 spiro atoms. The molecule has 61 valence electrons. The molecule has 0 bridgehead atoms. The van der Waals surface area contributed by atoms with Gasteiger partial charge in [0.1, 0.15) is 0 Å². The molecule has 0 aromatic carbocycles. The Morgan fingerprint density at radius 2 is 2.10 bits per heavy atom. The monoisotopic (exact) mass is 181 g/mol. The van der Waals surface area contributed by atoms with E-state index in [1.54, 1.807) is 7.11 Å². The lowest BCUT2D eigenvalue weighted by atomic mass is 10.3. The van der Waals surface area contributed by atoms with Crippen LogP contribution in [-0.2, 0) is 8.85 Å². The van der Waals surface area contributed by atoms with Crippen LogP contribution in [0.2, 0.25) is 0 Å². The molecule has 0 unspecified atom stereocenters. The van der Waals surface area contributed by atoms with E-state index in [1.807, 2.05) is 0 Å². The zero-order valence-corrected chi connectivity index (χ0v) is 8.28. The van der Waals surface area contributed by atoms with Crippen LogP contribution in [0.5, 0.6) is 0 Å². The third-order valence-corrected chi connectivity index (χ3v) is 2.67. The van der Waals surface area contributed by atoms with E-state index in [0.29, 0.717) is 0 Å². The standard InChI is InChI=1S/C6H14ClO2Si/c1-3-4-5-6-9-10(7)8-2/h3-6H2,1-2H3.